The summed E-state index contributed by atoms with van der Waals surface area (Å²) in [4.78, 5) is 14.1. The summed E-state index contributed by atoms with van der Waals surface area (Å²) < 4.78 is 2.08. The second-order valence-corrected chi connectivity index (χ2v) is 6.23. The van der Waals surface area contributed by atoms with Crippen LogP contribution in [0.2, 0.25) is 0 Å². The SMILES string of the molecule is CCC(C)n1c(C)cc(=O)c(O)c1CN(C)Cc1ccccc1. The second kappa shape index (κ2) is 7.47. The number of nitrogens with zero attached hydrogens (tertiary/aromatic N) is 2. The number of rotatable bonds is 6. The fourth-order valence-corrected chi connectivity index (χ4v) is 2.95. The highest BCUT2D eigenvalue weighted by Gasteiger charge is 2.17. The average Bonchev–Trinajstić information content (AvgIpc) is 2.52. The zero-order chi connectivity index (χ0) is 17.0. The molecule has 0 aliphatic carbocycles. The van der Waals surface area contributed by atoms with Crippen LogP contribution in [0.4, 0.5) is 0 Å². The molecule has 4 heteroatoms. The summed E-state index contributed by atoms with van der Waals surface area (Å²) in [5.74, 6) is -0.129. The van der Waals surface area contributed by atoms with Gasteiger partial charge in [-0.1, -0.05) is 37.3 Å². The molecule has 0 bridgehead atoms. The minimum absolute atomic E-state index is 0.129. The van der Waals surface area contributed by atoms with E-state index in [1.165, 1.54) is 11.6 Å². The first-order valence-electron chi connectivity index (χ1n) is 8.10. The zero-order valence-corrected chi connectivity index (χ0v) is 14.4. The van der Waals surface area contributed by atoms with E-state index in [2.05, 4.69) is 35.4 Å². The molecule has 1 unspecified atom stereocenters. The lowest BCUT2D eigenvalue weighted by atomic mass is 10.1. The van der Waals surface area contributed by atoms with Gasteiger partial charge in [0.2, 0.25) is 5.43 Å². The van der Waals surface area contributed by atoms with E-state index in [9.17, 15) is 9.90 Å². The fraction of sp³-hybridized carbons (Fsp3) is 0.421. The molecule has 0 aliphatic heterocycles. The molecule has 0 amide bonds. The third kappa shape index (κ3) is 4.02. The van der Waals surface area contributed by atoms with Crippen LogP contribution in [0, 0.1) is 6.92 Å². The van der Waals surface area contributed by atoms with Crippen molar-refractivity contribution in [3.8, 4) is 5.75 Å². The molecule has 0 saturated carbocycles. The monoisotopic (exact) mass is 314 g/mol. The molecule has 1 N–H and O–H groups in total. The molecule has 0 spiro atoms. The van der Waals surface area contributed by atoms with E-state index in [0.717, 1.165) is 18.7 Å². The van der Waals surface area contributed by atoms with Gasteiger partial charge in [0, 0.05) is 30.9 Å². The van der Waals surface area contributed by atoms with E-state index in [4.69, 9.17) is 0 Å². The topological polar surface area (TPSA) is 45.5 Å². The lowest BCUT2D eigenvalue weighted by molar-refractivity contribution is 0.293. The summed E-state index contributed by atoms with van der Waals surface area (Å²) in [6, 6.07) is 11.9. The van der Waals surface area contributed by atoms with Gasteiger partial charge in [-0.3, -0.25) is 9.69 Å². The van der Waals surface area contributed by atoms with Gasteiger partial charge in [0.1, 0.15) is 0 Å². The van der Waals surface area contributed by atoms with Crippen LogP contribution in [0.1, 0.15) is 43.3 Å². The molecular weight excluding hydrogens is 288 g/mol. The zero-order valence-electron chi connectivity index (χ0n) is 14.4. The Kier molecular flexibility index (Phi) is 5.61. The lowest BCUT2D eigenvalue weighted by Gasteiger charge is -2.26. The Bertz CT molecular complexity index is 707. The molecule has 1 heterocycles. The summed E-state index contributed by atoms with van der Waals surface area (Å²) in [5.41, 5.74) is 2.50. The molecule has 0 radical (unpaired) electrons. The lowest BCUT2D eigenvalue weighted by Crippen LogP contribution is -2.25. The van der Waals surface area contributed by atoms with Crippen LogP contribution in [0.15, 0.2) is 41.2 Å². The second-order valence-electron chi connectivity index (χ2n) is 6.23. The number of aromatic hydroxyl groups is 1. The molecule has 2 aromatic rings. The predicted molar refractivity (Wildman–Crippen MR) is 93.7 cm³/mol. The fourth-order valence-electron chi connectivity index (χ4n) is 2.95. The van der Waals surface area contributed by atoms with Crippen molar-refractivity contribution < 1.29 is 5.11 Å². The first-order valence-corrected chi connectivity index (χ1v) is 8.10. The highest BCUT2D eigenvalue weighted by atomic mass is 16.3. The van der Waals surface area contributed by atoms with E-state index >= 15 is 0 Å². The van der Waals surface area contributed by atoms with Crippen molar-refractivity contribution in [1.82, 2.24) is 9.47 Å². The first kappa shape index (κ1) is 17.3. The van der Waals surface area contributed by atoms with E-state index in [0.29, 0.717) is 12.2 Å². The van der Waals surface area contributed by atoms with Crippen LogP contribution < -0.4 is 5.43 Å². The standard InChI is InChI=1S/C19H26N2O2/c1-5-14(2)21-15(3)11-18(22)19(23)17(21)13-20(4)12-16-9-7-6-8-10-16/h6-11,14,23H,5,12-13H2,1-4H3. The molecule has 0 fully saturated rings. The molecule has 2 rings (SSSR count). The van der Waals surface area contributed by atoms with Crippen LogP contribution in [-0.4, -0.2) is 21.6 Å². The number of hydrogen-bond acceptors (Lipinski definition) is 3. The number of hydrogen-bond donors (Lipinski definition) is 1. The van der Waals surface area contributed by atoms with Crippen molar-refractivity contribution in [3.05, 3.63) is 63.6 Å². The van der Waals surface area contributed by atoms with Crippen LogP contribution in [0.25, 0.3) is 0 Å². The highest BCUT2D eigenvalue weighted by molar-refractivity contribution is 5.30. The third-order valence-electron chi connectivity index (χ3n) is 4.26. The predicted octanol–water partition coefficient (Wildman–Crippen LogP) is 3.47. The number of benzene rings is 1. The molecule has 1 atom stereocenters. The molecule has 4 nitrogen and oxygen atoms in total. The molecule has 0 aliphatic rings. The number of aryl methyl sites for hydroxylation is 1. The van der Waals surface area contributed by atoms with Crippen molar-refractivity contribution in [2.45, 2.75) is 46.3 Å². The van der Waals surface area contributed by atoms with Gasteiger partial charge in [-0.05, 0) is 32.9 Å². The van der Waals surface area contributed by atoms with Gasteiger partial charge in [0.25, 0.3) is 0 Å². The smallest absolute Gasteiger partial charge is 0.223 e. The van der Waals surface area contributed by atoms with Crippen LogP contribution in [-0.2, 0) is 13.1 Å². The minimum atomic E-state index is -0.301. The van der Waals surface area contributed by atoms with Gasteiger partial charge >= 0.3 is 0 Å². The Morgan fingerprint density at radius 2 is 1.87 bits per heavy atom. The van der Waals surface area contributed by atoms with E-state index < -0.39 is 0 Å². The third-order valence-corrected chi connectivity index (χ3v) is 4.26. The van der Waals surface area contributed by atoms with Crippen molar-refractivity contribution in [1.29, 1.82) is 0 Å². The maximum atomic E-state index is 12.0. The Hall–Kier alpha value is -2.07. The van der Waals surface area contributed by atoms with Crippen LogP contribution in [0.3, 0.4) is 0 Å². The van der Waals surface area contributed by atoms with Crippen molar-refractivity contribution in [3.63, 3.8) is 0 Å². The maximum absolute atomic E-state index is 12.0. The summed E-state index contributed by atoms with van der Waals surface area (Å²) >= 11 is 0. The average molecular weight is 314 g/mol. The Balaban J connectivity index is 2.32. The van der Waals surface area contributed by atoms with E-state index in [-0.39, 0.29) is 17.2 Å². The Labute approximate surface area is 138 Å². The first-order chi connectivity index (χ1) is 10.9. The molecule has 1 aromatic heterocycles. The number of aromatic nitrogens is 1. The maximum Gasteiger partial charge on any atom is 0.223 e. The van der Waals surface area contributed by atoms with Gasteiger partial charge in [-0.2, -0.15) is 0 Å². The molecule has 23 heavy (non-hydrogen) atoms. The van der Waals surface area contributed by atoms with Crippen molar-refractivity contribution in [2.75, 3.05) is 7.05 Å². The van der Waals surface area contributed by atoms with Crippen molar-refractivity contribution in [2.24, 2.45) is 0 Å². The molecular formula is C19H26N2O2. The normalized spacial score (nSPS) is 12.6. The van der Waals surface area contributed by atoms with Gasteiger partial charge in [0.15, 0.2) is 5.75 Å². The quantitative estimate of drug-likeness (QED) is 0.888. The Morgan fingerprint density at radius 1 is 1.22 bits per heavy atom. The largest absolute Gasteiger partial charge is 0.503 e. The van der Waals surface area contributed by atoms with Gasteiger partial charge in [-0.15, -0.1) is 0 Å². The van der Waals surface area contributed by atoms with Crippen LogP contribution in [0.5, 0.6) is 5.75 Å². The summed E-state index contributed by atoms with van der Waals surface area (Å²) in [7, 11) is 2.00. The van der Waals surface area contributed by atoms with E-state index in [1.807, 2.05) is 32.2 Å². The molecule has 0 saturated heterocycles. The molecule has 124 valence electrons. The number of pyridine rings is 1. The Morgan fingerprint density at radius 3 is 2.48 bits per heavy atom. The van der Waals surface area contributed by atoms with Gasteiger partial charge in [0.05, 0.1) is 5.69 Å². The van der Waals surface area contributed by atoms with Crippen LogP contribution >= 0.6 is 0 Å². The van der Waals surface area contributed by atoms with E-state index in [1.54, 1.807) is 0 Å². The summed E-state index contributed by atoms with van der Waals surface area (Å²) in [6.45, 7) is 7.44. The van der Waals surface area contributed by atoms with Gasteiger partial charge < -0.3 is 9.67 Å². The minimum Gasteiger partial charge on any atom is -0.503 e. The van der Waals surface area contributed by atoms with Crippen molar-refractivity contribution >= 4 is 0 Å². The molecule has 1 aromatic carbocycles. The summed E-state index contributed by atoms with van der Waals surface area (Å²) in [6.07, 6.45) is 0.943. The highest BCUT2D eigenvalue weighted by Crippen LogP contribution is 2.23. The van der Waals surface area contributed by atoms with Gasteiger partial charge in [-0.25, -0.2) is 0 Å². The summed E-state index contributed by atoms with van der Waals surface area (Å²) in [5, 5.41) is 10.3.